The number of nitrogens with zero attached hydrogens (tertiary/aromatic N) is 6. The molecule has 0 radical (unpaired) electrons. The minimum Gasteiger partial charge on any atom is -0.306 e. The van der Waals surface area contributed by atoms with Crippen LogP contribution >= 0.6 is 0 Å². The van der Waals surface area contributed by atoms with Crippen molar-refractivity contribution in [1.82, 2.24) is 28.2 Å². The van der Waals surface area contributed by atoms with Gasteiger partial charge in [-0.1, -0.05) is 99.1 Å². The number of pyridine rings is 2. The van der Waals surface area contributed by atoms with Crippen molar-refractivity contribution in [3.63, 3.8) is 0 Å². The van der Waals surface area contributed by atoms with Crippen molar-refractivity contribution in [2.75, 3.05) is 0 Å². The molecule has 380 valence electrons. The average molecular weight is 1020 g/mol. The first kappa shape index (κ1) is 46.8. The summed E-state index contributed by atoms with van der Waals surface area (Å²) in [6.07, 6.45) is 3.93. The van der Waals surface area contributed by atoms with Gasteiger partial charge in [-0.3, -0.25) is 9.97 Å². The van der Waals surface area contributed by atoms with E-state index < -0.39 is 0 Å². The predicted molar refractivity (Wildman–Crippen MR) is 333 cm³/mol. The van der Waals surface area contributed by atoms with Crippen LogP contribution in [0.25, 0.3) is 132 Å². The molecule has 0 saturated heterocycles. The lowest BCUT2D eigenvalue weighted by atomic mass is 9.91. The Morgan fingerprint density at radius 2 is 0.519 bits per heavy atom. The largest absolute Gasteiger partial charge is 0.306 e. The first-order valence-electron chi connectivity index (χ1n) is 27.5. The Morgan fingerprint density at radius 1 is 0.266 bits per heavy atom. The first-order valence-corrected chi connectivity index (χ1v) is 27.5. The lowest BCUT2D eigenvalue weighted by molar-refractivity contribution is 1.04. The van der Waals surface area contributed by atoms with Gasteiger partial charge in [-0.05, 0) is 189 Å². The average Bonchev–Trinajstić information content (AvgIpc) is 2.57. The van der Waals surface area contributed by atoms with E-state index >= 15 is 0 Å². The second kappa shape index (κ2) is 17.2. The molecule has 6 heterocycles. The van der Waals surface area contributed by atoms with Crippen LogP contribution in [0.4, 0.5) is 0 Å². The Labute approximate surface area is 459 Å². The van der Waals surface area contributed by atoms with E-state index in [1.807, 2.05) is 12.4 Å². The normalized spacial score (nSPS) is 12.1. The van der Waals surface area contributed by atoms with Gasteiger partial charge < -0.3 is 18.3 Å². The summed E-state index contributed by atoms with van der Waals surface area (Å²) in [6, 6.07) is 67.0. The Kier molecular flexibility index (Phi) is 10.2. The number of rotatable bonds is 6. The SMILES string of the molecule is Cc1ccc2c(c1)c1cc(C)ccc1n2-c1c(-c2ccncc2)c(-n2c3ccc(C)cc3c3cc(C)ccc32)c(-n2c3ccc(C)cc3c3cc(C)ccc32)c(-c2cccc(C)n2)c1-n1c2ccc(C)cc2c2cc(C)ccc21. The van der Waals surface area contributed by atoms with Crippen LogP contribution in [0.1, 0.15) is 50.2 Å². The van der Waals surface area contributed by atoms with Gasteiger partial charge in [0.1, 0.15) is 0 Å². The van der Waals surface area contributed by atoms with Crippen molar-refractivity contribution < 1.29 is 0 Å². The Morgan fingerprint density at radius 3 is 0.772 bits per heavy atom. The van der Waals surface area contributed by atoms with E-state index in [1.54, 1.807) is 0 Å². The Balaban J connectivity index is 1.35. The highest BCUT2D eigenvalue weighted by atomic mass is 15.1. The molecular formula is C73H58N6. The monoisotopic (exact) mass is 1020 g/mol. The first-order chi connectivity index (χ1) is 38.4. The highest BCUT2D eigenvalue weighted by Gasteiger charge is 2.36. The van der Waals surface area contributed by atoms with Crippen molar-refractivity contribution in [2.24, 2.45) is 0 Å². The Bertz CT molecular complexity index is 4600. The molecule has 0 saturated carbocycles. The van der Waals surface area contributed by atoms with Crippen molar-refractivity contribution in [3.05, 3.63) is 239 Å². The highest BCUT2D eigenvalue weighted by molar-refractivity contribution is 6.19. The van der Waals surface area contributed by atoms with E-state index in [-0.39, 0.29) is 0 Å². The summed E-state index contributed by atoms with van der Waals surface area (Å²) < 4.78 is 10.4. The summed E-state index contributed by atoms with van der Waals surface area (Å²) in [6.45, 7) is 19.8. The van der Waals surface area contributed by atoms with Crippen molar-refractivity contribution in [1.29, 1.82) is 0 Å². The highest BCUT2D eigenvalue weighted by Crippen LogP contribution is 2.54. The van der Waals surface area contributed by atoms with Gasteiger partial charge in [-0.25, -0.2) is 0 Å². The third kappa shape index (κ3) is 6.96. The lowest BCUT2D eigenvalue weighted by Gasteiger charge is -2.31. The zero-order valence-electron chi connectivity index (χ0n) is 46.1. The smallest absolute Gasteiger partial charge is 0.0827 e. The quantitative estimate of drug-likeness (QED) is 0.167. The number of hydrogen-bond acceptors (Lipinski definition) is 2. The molecule has 0 fully saturated rings. The molecule has 0 aliphatic heterocycles. The van der Waals surface area contributed by atoms with E-state index in [2.05, 4.69) is 257 Å². The van der Waals surface area contributed by atoms with Crippen LogP contribution in [0.15, 0.2) is 188 Å². The van der Waals surface area contributed by atoms with Crippen LogP contribution in [0.2, 0.25) is 0 Å². The molecule has 6 heteroatoms. The summed E-state index contributed by atoms with van der Waals surface area (Å²) in [5.74, 6) is 0. The number of benzene rings is 9. The number of aromatic nitrogens is 6. The molecule has 0 amide bonds. The molecule has 0 bridgehead atoms. The van der Waals surface area contributed by atoms with E-state index in [0.717, 1.165) is 95.0 Å². The van der Waals surface area contributed by atoms with Crippen molar-refractivity contribution in [2.45, 2.75) is 62.3 Å². The van der Waals surface area contributed by atoms with E-state index in [0.29, 0.717) is 0 Å². The predicted octanol–water partition coefficient (Wildman–Crippen LogP) is 19.0. The fourth-order valence-corrected chi connectivity index (χ4v) is 13.3. The molecule has 9 aromatic carbocycles. The molecule has 0 atom stereocenters. The van der Waals surface area contributed by atoms with Crippen molar-refractivity contribution in [3.8, 4) is 45.1 Å². The van der Waals surface area contributed by atoms with Crippen LogP contribution in [0, 0.1) is 62.3 Å². The van der Waals surface area contributed by atoms with Crippen LogP contribution in [-0.4, -0.2) is 28.2 Å². The van der Waals surface area contributed by atoms with E-state index in [4.69, 9.17) is 9.97 Å². The van der Waals surface area contributed by atoms with Gasteiger partial charge >= 0.3 is 0 Å². The second-order valence-electron chi connectivity index (χ2n) is 22.6. The van der Waals surface area contributed by atoms with Gasteiger partial charge in [0.2, 0.25) is 0 Å². The fraction of sp³-hybridized carbons (Fsp3) is 0.123. The lowest BCUT2D eigenvalue weighted by Crippen LogP contribution is -2.16. The fourth-order valence-electron chi connectivity index (χ4n) is 13.3. The van der Waals surface area contributed by atoms with Gasteiger partial charge in [0, 0.05) is 66.7 Å². The molecule has 0 spiro atoms. The van der Waals surface area contributed by atoms with Crippen LogP contribution in [0.3, 0.4) is 0 Å². The topological polar surface area (TPSA) is 45.5 Å². The zero-order chi connectivity index (χ0) is 53.7. The third-order valence-corrected chi connectivity index (χ3v) is 16.7. The molecule has 0 aliphatic carbocycles. The van der Waals surface area contributed by atoms with Gasteiger partial charge in [-0.2, -0.15) is 0 Å². The molecule has 79 heavy (non-hydrogen) atoms. The van der Waals surface area contributed by atoms with Crippen LogP contribution in [-0.2, 0) is 0 Å². The molecule has 15 rings (SSSR count). The zero-order valence-corrected chi connectivity index (χ0v) is 46.1. The van der Waals surface area contributed by atoms with Gasteiger partial charge in [-0.15, -0.1) is 0 Å². The molecule has 6 aromatic heterocycles. The number of hydrogen-bond donors (Lipinski definition) is 0. The summed E-state index contributed by atoms with van der Waals surface area (Å²) >= 11 is 0. The molecule has 15 aromatic rings. The maximum atomic E-state index is 5.75. The number of aryl methyl sites for hydroxylation is 9. The minimum atomic E-state index is 0.872. The van der Waals surface area contributed by atoms with Gasteiger partial charge in [0.25, 0.3) is 0 Å². The van der Waals surface area contributed by atoms with Crippen LogP contribution in [0.5, 0.6) is 0 Å². The molecule has 0 N–H and O–H groups in total. The summed E-state index contributed by atoms with van der Waals surface area (Å²) in [5, 5.41) is 9.63. The van der Waals surface area contributed by atoms with Gasteiger partial charge in [0.15, 0.2) is 0 Å². The van der Waals surface area contributed by atoms with Crippen LogP contribution < -0.4 is 0 Å². The third-order valence-electron chi connectivity index (χ3n) is 16.7. The molecular weight excluding hydrogens is 961 g/mol. The summed E-state index contributed by atoms with van der Waals surface area (Å²) in [5.41, 5.74) is 27.7. The molecule has 0 aliphatic rings. The second-order valence-corrected chi connectivity index (χ2v) is 22.6. The molecule has 0 unspecified atom stereocenters. The number of fused-ring (bicyclic) bond motifs is 12. The van der Waals surface area contributed by atoms with Gasteiger partial charge in [0.05, 0.1) is 78.1 Å². The summed E-state index contributed by atoms with van der Waals surface area (Å²) in [7, 11) is 0. The van der Waals surface area contributed by atoms with E-state index in [1.165, 1.54) is 87.6 Å². The maximum absolute atomic E-state index is 5.75. The standard InChI is InChI=1S/C73H58N6/c1-41-13-21-60-51(33-41)52-34-42(2)14-22-61(52)76(60)70-68(50-29-31-74-32-30-50)71(77-62-23-15-43(3)35-53(62)54-36-44(4)16-24-63(54)77)73(79-66-27-19-47(7)39-57(66)58-40-48(8)20-28-67(58)79)69(59-12-10-11-49(9)75-59)72(70)78-64-25-17-45(5)37-55(64)56-38-46(6)18-26-65(56)78/h10-40H,1-9H3. The Hall–Kier alpha value is -9.52. The molecule has 6 nitrogen and oxygen atoms in total. The minimum absolute atomic E-state index is 0.872. The van der Waals surface area contributed by atoms with Crippen molar-refractivity contribution >= 4 is 87.2 Å². The maximum Gasteiger partial charge on any atom is 0.0827 e. The van der Waals surface area contributed by atoms with E-state index in [9.17, 15) is 0 Å². The summed E-state index contributed by atoms with van der Waals surface area (Å²) in [4.78, 5) is 10.5.